The van der Waals surface area contributed by atoms with Crippen molar-refractivity contribution in [2.75, 3.05) is 6.54 Å². The van der Waals surface area contributed by atoms with E-state index in [1.165, 1.54) is 19.3 Å². The number of rotatable bonds is 5. The van der Waals surface area contributed by atoms with Gasteiger partial charge < -0.3 is 10.5 Å². The molecule has 0 amide bonds. The number of benzene rings is 1. The van der Waals surface area contributed by atoms with Crippen LogP contribution in [0.25, 0.3) is 0 Å². The highest BCUT2D eigenvalue weighted by Crippen LogP contribution is 2.29. The maximum atomic E-state index is 12.2. The van der Waals surface area contributed by atoms with Crippen molar-refractivity contribution in [3.05, 3.63) is 35.4 Å². The van der Waals surface area contributed by atoms with E-state index >= 15 is 0 Å². The van der Waals surface area contributed by atoms with E-state index in [4.69, 9.17) is 10.5 Å². The van der Waals surface area contributed by atoms with Crippen molar-refractivity contribution in [2.24, 2.45) is 11.7 Å². The second-order valence-electron chi connectivity index (χ2n) is 5.63. The predicted octanol–water partition coefficient (Wildman–Crippen LogP) is 3.31. The quantitative estimate of drug-likeness (QED) is 0.839. The molecule has 0 aromatic heterocycles. The van der Waals surface area contributed by atoms with Crippen molar-refractivity contribution in [3.8, 4) is 0 Å². The molecule has 0 radical (unpaired) electrons. The molecule has 0 aliphatic heterocycles. The largest absolute Gasteiger partial charge is 0.458 e. The summed E-state index contributed by atoms with van der Waals surface area (Å²) < 4.78 is 5.72. The highest BCUT2D eigenvalue weighted by Gasteiger charge is 2.27. The van der Waals surface area contributed by atoms with Crippen LogP contribution in [0.5, 0.6) is 0 Å². The number of hydrogen-bond donors (Lipinski definition) is 1. The number of carbonyl (C=O) groups is 1. The van der Waals surface area contributed by atoms with Crippen LogP contribution in [0.2, 0.25) is 0 Å². The van der Waals surface area contributed by atoms with Gasteiger partial charge in [-0.25, -0.2) is 4.79 Å². The van der Waals surface area contributed by atoms with Crippen molar-refractivity contribution >= 4 is 5.97 Å². The fraction of sp³-hybridized carbons (Fsp3) is 0.588. The molecular formula is C17H25NO2. The molecule has 3 nitrogen and oxygen atoms in total. The van der Waals surface area contributed by atoms with Crippen molar-refractivity contribution in [3.63, 3.8) is 0 Å². The molecular weight excluding hydrogens is 250 g/mol. The summed E-state index contributed by atoms with van der Waals surface area (Å²) in [6.45, 7) is 2.81. The molecule has 1 aromatic carbocycles. The van der Waals surface area contributed by atoms with Crippen LogP contribution in [-0.4, -0.2) is 18.6 Å². The van der Waals surface area contributed by atoms with Crippen molar-refractivity contribution in [1.29, 1.82) is 0 Å². The third kappa shape index (κ3) is 3.83. The average molecular weight is 275 g/mol. The average Bonchev–Trinajstić information content (AvgIpc) is 2.49. The Morgan fingerprint density at radius 3 is 2.60 bits per heavy atom. The second kappa shape index (κ2) is 7.44. The zero-order valence-corrected chi connectivity index (χ0v) is 12.3. The maximum Gasteiger partial charge on any atom is 0.338 e. The van der Waals surface area contributed by atoms with Crippen LogP contribution in [-0.2, 0) is 11.2 Å². The summed E-state index contributed by atoms with van der Waals surface area (Å²) in [5.74, 6) is 0.346. The molecule has 1 aliphatic rings. The molecule has 3 heteroatoms. The Kier molecular flexibility index (Phi) is 5.60. The first kappa shape index (κ1) is 15.0. The summed E-state index contributed by atoms with van der Waals surface area (Å²) >= 11 is 0. The van der Waals surface area contributed by atoms with E-state index in [0.29, 0.717) is 18.0 Å². The van der Waals surface area contributed by atoms with Crippen molar-refractivity contribution in [2.45, 2.75) is 51.6 Å². The summed E-state index contributed by atoms with van der Waals surface area (Å²) in [6, 6.07) is 7.61. The summed E-state index contributed by atoms with van der Waals surface area (Å²) in [5, 5.41) is 0. The number of esters is 1. The first-order valence-electron chi connectivity index (χ1n) is 7.74. The number of ether oxygens (including phenoxy) is 1. The van der Waals surface area contributed by atoms with Gasteiger partial charge in [0.05, 0.1) is 5.56 Å². The van der Waals surface area contributed by atoms with Gasteiger partial charge in [-0.1, -0.05) is 25.5 Å². The Balaban J connectivity index is 1.96. The summed E-state index contributed by atoms with van der Waals surface area (Å²) in [4.78, 5) is 12.2. The zero-order chi connectivity index (χ0) is 14.4. The minimum atomic E-state index is -0.186. The molecule has 0 saturated heterocycles. The van der Waals surface area contributed by atoms with E-state index in [-0.39, 0.29) is 12.1 Å². The number of hydrogen-bond acceptors (Lipinski definition) is 3. The number of carbonyl (C=O) groups excluding carboxylic acids is 1. The van der Waals surface area contributed by atoms with E-state index < -0.39 is 0 Å². The standard InChI is InChI=1S/C17H25NO2/c1-2-14-5-3-4-6-16(14)20-17(19)15-9-7-13(8-10-15)11-12-18/h7-10,14,16H,2-6,11-12,18H2,1H3. The minimum absolute atomic E-state index is 0.102. The van der Waals surface area contributed by atoms with Crippen LogP contribution in [0.3, 0.4) is 0 Å². The van der Waals surface area contributed by atoms with E-state index in [2.05, 4.69) is 6.92 Å². The summed E-state index contributed by atoms with van der Waals surface area (Å²) in [7, 11) is 0. The Morgan fingerprint density at radius 2 is 1.95 bits per heavy atom. The van der Waals surface area contributed by atoms with Crippen LogP contribution in [0.1, 0.15) is 54.9 Å². The van der Waals surface area contributed by atoms with Crippen LogP contribution >= 0.6 is 0 Å². The molecule has 2 rings (SSSR count). The zero-order valence-electron chi connectivity index (χ0n) is 12.3. The fourth-order valence-electron chi connectivity index (χ4n) is 2.98. The van der Waals surface area contributed by atoms with Gasteiger partial charge >= 0.3 is 5.97 Å². The fourth-order valence-corrected chi connectivity index (χ4v) is 2.98. The molecule has 2 atom stereocenters. The highest BCUT2D eigenvalue weighted by molar-refractivity contribution is 5.89. The van der Waals surface area contributed by atoms with Gasteiger partial charge in [-0.15, -0.1) is 0 Å². The van der Waals surface area contributed by atoms with E-state index in [1.54, 1.807) is 0 Å². The van der Waals surface area contributed by atoms with Crippen LogP contribution < -0.4 is 5.73 Å². The van der Waals surface area contributed by atoms with Crippen LogP contribution in [0, 0.1) is 5.92 Å². The monoisotopic (exact) mass is 275 g/mol. The maximum absolute atomic E-state index is 12.2. The van der Waals surface area contributed by atoms with Gasteiger partial charge in [-0.3, -0.25) is 0 Å². The molecule has 1 aromatic rings. The SMILES string of the molecule is CCC1CCCCC1OC(=O)c1ccc(CCN)cc1. The van der Waals surface area contributed by atoms with Crippen molar-refractivity contribution < 1.29 is 9.53 Å². The normalized spacial score (nSPS) is 22.5. The van der Waals surface area contributed by atoms with Gasteiger partial charge in [0, 0.05) is 0 Å². The Hall–Kier alpha value is -1.35. The molecule has 0 bridgehead atoms. The molecule has 110 valence electrons. The summed E-state index contributed by atoms with van der Waals surface area (Å²) in [6.07, 6.45) is 6.66. The van der Waals surface area contributed by atoms with Gasteiger partial charge in [0.15, 0.2) is 0 Å². The Morgan fingerprint density at radius 1 is 1.25 bits per heavy atom. The topological polar surface area (TPSA) is 52.3 Å². The van der Waals surface area contributed by atoms with E-state index in [1.807, 2.05) is 24.3 Å². The predicted molar refractivity (Wildman–Crippen MR) is 80.7 cm³/mol. The minimum Gasteiger partial charge on any atom is -0.458 e. The molecule has 20 heavy (non-hydrogen) atoms. The van der Waals surface area contributed by atoms with Gasteiger partial charge in [0.1, 0.15) is 6.10 Å². The lowest BCUT2D eigenvalue weighted by Crippen LogP contribution is -2.29. The third-order valence-corrected chi connectivity index (χ3v) is 4.24. The summed E-state index contributed by atoms with van der Waals surface area (Å²) in [5.41, 5.74) is 7.33. The molecule has 0 heterocycles. The third-order valence-electron chi connectivity index (χ3n) is 4.24. The molecule has 1 fully saturated rings. The van der Waals surface area contributed by atoms with Crippen LogP contribution in [0.15, 0.2) is 24.3 Å². The van der Waals surface area contributed by atoms with Gasteiger partial charge in [-0.05, 0) is 62.3 Å². The lowest BCUT2D eigenvalue weighted by Gasteiger charge is -2.30. The van der Waals surface area contributed by atoms with Gasteiger partial charge in [0.2, 0.25) is 0 Å². The Labute approximate surface area is 121 Å². The Bertz CT molecular complexity index is 427. The molecule has 2 N–H and O–H groups in total. The van der Waals surface area contributed by atoms with Gasteiger partial charge in [0.25, 0.3) is 0 Å². The first-order valence-corrected chi connectivity index (χ1v) is 7.74. The van der Waals surface area contributed by atoms with Crippen LogP contribution in [0.4, 0.5) is 0 Å². The molecule has 1 aliphatic carbocycles. The molecule has 2 unspecified atom stereocenters. The van der Waals surface area contributed by atoms with E-state index in [9.17, 15) is 4.79 Å². The first-order chi connectivity index (χ1) is 9.74. The molecule has 0 spiro atoms. The van der Waals surface area contributed by atoms with Crippen molar-refractivity contribution in [1.82, 2.24) is 0 Å². The van der Waals surface area contributed by atoms with Gasteiger partial charge in [-0.2, -0.15) is 0 Å². The molecule has 1 saturated carbocycles. The smallest absolute Gasteiger partial charge is 0.338 e. The second-order valence-corrected chi connectivity index (χ2v) is 5.63. The highest BCUT2D eigenvalue weighted by atomic mass is 16.5. The number of nitrogens with two attached hydrogens (primary N) is 1. The lowest BCUT2D eigenvalue weighted by molar-refractivity contribution is 0.000710. The van der Waals surface area contributed by atoms with E-state index in [0.717, 1.165) is 24.8 Å². The lowest BCUT2D eigenvalue weighted by atomic mass is 9.85.